The minimum absolute atomic E-state index is 0.325. The molecule has 0 heterocycles. The molecule has 2 atom stereocenters. The van der Waals surface area contributed by atoms with Gasteiger partial charge in [0.2, 0.25) is 0 Å². The van der Waals surface area contributed by atoms with E-state index in [1.807, 2.05) is 30.3 Å². The Hall–Kier alpha value is -2.08. The van der Waals surface area contributed by atoms with Gasteiger partial charge in [-0.1, -0.05) is 30.3 Å². The first-order chi connectivity index (χ1) is 10.7. The number of alkyl carbamates (subject to hydrolysis) is 1. The molecule has 0 saturated carbocycles. The summed E-state index contributed by atoms with van der Waals surface area (Å²) in [4.78, 5) is 23.8. The van der Waals surface area contributed by atoms with Gasteiger partial charge in [-0.3, -0.25) is 0 Å². The highest BCUT2D eigenvalue weighted by Crippen LogP contribution is 2.10. The second-order valence-electron chi connectivity index (χ2n) is 6.15. The summed E-state index contributed by atoms with van der Waals surface area (Å²) in [6, 6.07) is 8.61. The van der Waals surface area contributed by atoms with Gasteiger partial charge in [-0.25, -0.2) is 9.59 Å². The number of esters is 1. The lowest BCUT2D eigenvalue weighted by atomic mass is 10.1. The van der Waals surface area contributed by atoms with E-state index in [2.05, 4.69) is 5.32 Å². The van der Waals surface area contributed by atoms with Crippen molar-refractivity contribution in [3.05, 3.63) is 35.9 Å². The zero-order valence-electron chi connectivity index (χ0n) is 14.3. The topological polar surface area (TPSA) is 73.9 Å². The van der Waals surface area contributed by atoms with Crippen molar-refractivity contribution in [2.24, 2.45) is 0 Å². The zero-order valence-corrected chi connectivity index (χ0v) is 14.3. The molecule has 0 saturated heterocycles. The van der Waals surface area contributed by atoms with Crippen LogP contribution in [0.25, 0.3) is 0 Å². The maximum absolute atomic E-state index is 11.9. The third kappa shape index (κ3) is 7.15. The molecule has 0 aromatic heterocycles. The van der Waals surface area contributed by atoms with Gasteiger partial charge in [-0.05, 0) is 33.3 Å². The van der Waals surface area contributed by atoms with Gasteiger partial charge in [0, 0.05) is 0 Å². The quantitative estimate of drug-likeness (QED) is 0.815. The van der Waals surface area contributed by atoms with E-state index >= 15 is 0 Å². The van der Waals surface area contributed by atoms with Crippen LogP contribution in [-0.4, -0.2) is 36.9 Å². The fourth-order valence-electron chi connectivity index (χ4n) is 1.83. The summed E-state index contributed by atoms with van der Waals surface area (Å²) in [5, 5.41) is 2.50. The number of nitrogens with one attached hydrogen (secondary N) is 1. The molecule has 6 heteroatoms. The van der Waals surface area contributed by atoms with Crippen LogP contribution in [0, 0.1) is 0 Å². The van der Waals surface area contributed by atoms with E-state index in [1.165, 1.54) is 7.11 Å². The Morgan fingerprint density at radius 3 is 2.30 bits per heavy atom. The second kappa shape index (κ2) is 8.53. The molecule has 0 spiro atoms. The minimum atomic E-state index is -0.946. The standard InChI is InChI=1S/C17H25NO5/c1-12(22-11-13-9-7-6-8-10-13)14(15(19)21-5)18-16(20)23-17(2,3)4/h6-10,12,14H,11H2,1-5H3,(H,18,20)/t12-,14+/m0/s1. The van der Waals surface area contributed by atoms with Crippen LogP contribution in [0.5, 0.6) is 0 Å². The molecule has 128 valence electrons. The average Bonchev–Trinajstić information content (AvgIpc) is 2.49. The molecule has 0 aliphatic heterocycles. The molecule has 0 bridgehead atoms. The van der Waals surface area contributed by atoms with Crippen LogP contribution in [0.2, 0.25) is 0 Å². The normalized spacial score (nSPS) is 13.8. The zero-order chi connectivity index (χ0) is 17.5. The van der Waals surface area contributed by atoms with Gasteiger partial charge in [0.1, 0.15) is 5.60 Å². The number of rotatable bonds is 6. The summed E-state index contributed by atoms with van der Waals surface area (Å²) >= 11 is 0. The molecule has 0 radical (unpaired) electrons. The number of benzene rings is 1. The van der Waals surface area contributed by atoms with Crippen LogP contribution in [0.1, 0.15) is 33.3 Å². The van der Waals surface area contributed by atoms with Gasteiger partial charge in [-0.2, -0.15) is 0 Å². The van der Waals surface area contributed by atoms with Crippen LogP contribution in [-0.2, 0) is 25.6 Å². The molecular formula is C17H25NO5. The maximum Gasteiger partial charge on any atom is 0.408 e. The van der Waals surface area contributed by atoms with E-state index in [0.717, 1.165) is 5.56 Å². The molecular weight excluding hydrogens is 298 g/mol. The fourth-order valence-corrected chi connectivity index (χ4v) is 1.83. The number of amides is 1. The Morgan fingerprint density at radius 1 is 1.17 bits per heavy atom. The number of carbonyl (C=O) groups is 2. The molecule has 1 aromatic carbocycles. The molecule has 1 N–H and O–H groups in total. The molecule has 6 nitrogen and oxygen atoms in total. The van der Waals surface area contributed by atoms with Crippen molar-refractivity contribution in [3.8, 4) is 0 Å². The lowest BCUT2D eigenvalue weighted by Crippen LogP contribution is -2.50. The smallest absolute Gasteiger partial charge is 0.408 e. The van der Waals surface area contributed by atoms with Crippen molar-refractivity contribution in [1.29, 1.82) is 0 Å². The van der Waals surface area contributed by atoms with Gasteiger partial charge in [0.25, 0.3) is 0 Å². The van der Waals surface area contributed by atoms with Crippen molar-refractivity contribution >= 4 is 12.1 Å². The van der Waals surface area contributed by atoms with Gasteiger partial charge < -0.3 is 19.5 Å². The summed E-state index contributed by atoms with van der Waals surface area (Å²) in [6.07, 6.45) is -1.27. The third-order valence-corrected chi connectivity index (χ3v) is 2.95. The van der Waals surface area contributed by atoms with Crippen molar-refractivity contribution in [3.63, 3.8) is 0 Å². The van der Waals surface area contributed by atoms with Gasteiger partial charge in [-0.15, -0.1) is 0 Å². The van der Waals surface area contributed by atoms with E-state index in [4.69, 9.17) is 14.2 Å². The van der Waals surface area contributed by atoms with Crippen molar-refractivity contribution in [2.45, 2.75) is 52.0 Å². The highest BCUT2D eigenvalue weighted by molar-refractivity contribution is 5.82. The van der Waals surface area contributed by atoms with Crippen molar-refractivity contribution < 1.29 is 23.8 Å². The summed E-state index contributed by atoms with van der Waals surface area (Å²) in [6.45, 7) is 7.26. The van der Waals surface area contributed by atoms with Crippen LogP contribution in [0.3, 0.4) is 0 Å². The van der Waals surface area contributed by atoms with Crippen molar-refractivity contribution in [2.75, 3.05) is 7.11 Å². The lowest BCUT2D eigenvalue weighted by Gasteiger charge is -2.25. The minimum Gasteiger partial charge on any atom is -0.467 e. The molecule has 0 aliphatic carbocycles. The molecule has 23 heavy (non-hydrogen) atoms. The number of ether oxygens (including phenoxy) is 3. The third-order valence-electron chi connectivity index (χ3n) is 2.95. The number of carbonyl (C=O) groups excluding carboxylic acids is 2. The predicted molar refractivity (Wildman–Crippen MR) is 85.9 cm³/mol. The van der Waals surface area contributed by atoms with E-state index < -0.39 is 29.8 Å². The van der Waals surface area contributed by atoms with Crippen molar-refractivity contribution in [1.82, 2.24) is 5.32 Å². The summed E-state index contributed by atoms with van der Waals surface area (Å²) in [7, 11) is 1.26. The molecule has 0 unspecified atom stereocenters. The van der Waals surface area contributed by atoms with E-state index in [-0.39, 0.29) is 0 Å². The number of hydrogen-bond acceptors (Lipinski definition) is 5. The summed E-state index contributed by atoms with van der Waals surface area (Å²) in [5.74, 6) is -0.587. The first kappa shape index (κ1) is 19.0. The Labute approximate surface area is 137 Å². The first-order valence-corrected chi connectivity index (χ1v) is 7.46. The molecule has 1 aromatic rings. The Kier molecular flexibility index (Phi) is 7.03. The lowest BCUT2D eigenvalue weighted by molar-refractivity contribution is -0.147. The predicted octanol–water partition coefficient (Wildman–Crippen LogP) is 2.66. The highest BCUT2D eigenvalue weighted by atomic mass is 16.6. The number of hydrogen-bond donors (Lipinski definition) is 1. The van der Waals surface area contributed by atoms with E-state index in [0.29, 0.717) is 6.61 Å². The fraction of sp³-hybridized carbons (Fsp3) is 0.529. The Bertz CT molecular complexity index is 509. The second-order valence-corrected chi connectivity index (χ2v) is 6.15. The highest BCUT2D eigenvalue weighted by Gasteiger charge is 2.30. The molecule has 0 fully saturated rings. The Morgan fingerprint density at radius 2 is 1.78 bits per heavy atom. The van der Waals surface area contributed by atoms with Crippen LogP contribution in [0.4, 0.5) is 4.79 Å². The Balaban J connectivity index is 2.65. The summed E-state index contributed by atoms with van der Waals surface area (Å²) < 4.78 is 15.6. The molecule has 1 rings (SSSR count). The van der Waals surface area contributed by atoms with Gasteiger partial charge >= 0.3 is 12.1 Å². The number of methoxy groups -OCH3 is 1. The van der Waals surface area contributed by atoms with Gasteiger partial charge in [0.05, 0.1) is 19.8 Å². The van der Waals surface area contributed by atoms with Crippen LogP contribution in [0.15, 0.2) is 30.3 Å². The largest absolute Gasteiger partial charge is 0.467 e. The maximum atomic E-state index is 11.9. The average molecular weight is 323 g/mol. The molecule has 0 aliphatic rings. The molecule has 1 amide bonds. The van der Waals surface area contributed by atoms with Crippen LogP contribution >= 0.6 is 0 Å². The SMILES string of the molecule is COC(=O)[C@H](NC(=O)OC(C)(C)C)[C@H](C)OCc1ccccc1. The van der Waals surface area contributed by atoms with Gasteiger partial charge in [0.15, 0.2) is 6.04 Å². The van der Waals surface area contributed by atoms with Crippen LogP contribution < -0.4 is 5.32 Å². The van der Waals surface area contributed by atoms with E-state index in [9.17, 15) is 9.59 Å². The monoisotopic (exact) mass is 323 g/mol. The van der Waals surface area contributed by atoms with E-state index in [1.54, 1.807) is 27.7 Å². The summed E-state index contributed by atoms with van der Waals surface area (Å²) in [5.41, 5.74) is 0.319. The first-order valence-electron chi connectivity index (χ1n) is 7.46.